The molecule has 2 N–H and O–H groups in total. The molecule has 1 heterocycles. The van der Waals surface area contributed by atoms with Crippen LogP contribution < -0.4 is 5.32 Å². The summed E-state index contributed by atoms with van der Waals surface area (Å²) in [5.41, 5.74) is 0. The molecule has 0 bridgehead atoms. The topological polar surface area (TPSA) is 86.7 Å². The number of carbonyl (C=O) groups excluding carboxylic acids is 2. The van der Waals surface area contributed by atoms with Crippen molar-refractivity contribution in [3.63, 3.8) is 0 Å². The lowest BCUT2D eigenvalue weighted by atomic mass is 10.2. The summed E-state index contributed by atoms with van der Waals surface area (Å²) < 4.78 is 0. The third kappa shape index (κ3) is 3.41. The van der Waals surface area contributed by atoms with Gasteiger partial charge in [-0.2, -0.15) is 0 Å². The molecule has 1 saturated heterocycles. The molecular formula is C9H14N2O4S. The highest BCUT2D eigenvalue weighted by atomic mass is 32.2. The molecule has 7 heteroatoms. The van der Waals surface area contributed by atoms with Crippen molar-refractivity contribution in [2.24, 2.45) is 0 Å². The molecule has 16 heavy (non-hydrogen) atoms. The lowest BCUT2D eigenvalue weighted by molar-refractivity contribution is -0.144. The Morgan fingerprint density at radius 3 is 2.75 bits per heavy atom. The Balaban J connectivity index is 2.59. The van der Waals surface area contributed by atoms with Crippen LogP contribution in [0.5, 0.6) is 0 Å². The number of nitrogens with one attached hydrogen (secondary N) is 1. The van der Waals surface area contributed by atoms with Crippen LogP contribution in [-0.2, 0) is 9.59 Å². The van der Waals surface area contributed by atoms with Gasteiger partial charge in [-0.05, 0) is 6.42 Å². The summed E-state index contributed by atoms with van der Waals surface area (Å²) in [6, 6.07) is -0.580. The number of carboxylic acids is 1. The second-order valence-corrected chi connectivity index (χ2v) is 4.44. The van der Waals surface area contributed by atoms with E-state index in [0.717, 1.165) is 11.8 Å². The van der Waals surface area contributed by atoms with Crippen molar-refractivity contribution in [3.8, 4) is 0 Å². The maximum atomic E-state index is 11.9. The van der Waals surface area contributed by atoms with Gasteiger partial charge in [0.1, 0.15) is 12.6 Å². The molecule has 0 radical (unpaired) electrons. The van der Waals surface area contributed by atoms with Crippen LogP contribution in [0.2, 0.25) is 0 Å². The molecule has 0 aromatic heterocycles. The van der Waals surface area contributed by atoms with Crippen molar-refractivity contribution >= 4 is 28.9 Å². The van der Waals surface area contributed by atoms with Crippen molar-refractivity contribution in [2.75, 3.05) is 18.8 Å². The summed E-state index contributed by atoms with van der Waals surface area (Å²) in [6.45, 7) is 1.94. The van der Waals surface area contributed by atoms with Crippen LogP contribution in [0.1, 0.15) is 13.3 Å². The van der Waals surface area contributed by atoms with Crippen molar-refractivity contribution in [2.45, 2.75) is 19.4 Å². The second-order valence-electron chi connectivity index (χ2n) is 3.45. The molecule has 0 spiro atoms. The van der Waals surface area contributed by atoms with E-state index in [1.54, 1.807) is 0 Å². The number of nitrogens with zero attached hydrogens (tertiary/aromatic N) is 1. The Bertz CT molecular complexity index is 308. The van der Waals surface area contributed by atoms with Crippen molar-refractivity contribution in [1.29, 1.82) is 0 Å². The molecule has 0 aromatic carbocycles. The van der Waals surface area contributed by atoms with Crippen LogP contribution in [0.4, 0.5) is 4.79 Å². The molecule has 2 amide bonds. The van der Waals surface area contributed by atoms with Gasteiger partial charge in [0.05, 0.1) is 0 Å². The number of carbonyl (C=O) groups is 3. The fraction of sp³-hybridized carbons (Fsp3) is 0.667. The Morgan fingerprint density at radius 1 is 1.62 bits per heavy atom. The molecule has 0 unspecified atom stereocenters. The van der Waals surface area contributed by atoms with Crippen LogP contribution in [0.25, 0.3) is 0 Å². The van der Waals surface area contributed by atoms with Gasteiger partial charge in [-0.25, -0.2) is 0 Å². The van der Waals surface area contributed by atoms with E-state index in [9.17, 15) is 14.4 Å². The molecule has 0 aliphatic carbocycles. The predicted octanol–water partition coefficient (Wildman–Crippen LogP) is 0.135. The molecule has 1 rings (SSSR count). The zero-order chi connectivity index (χ0) is 12.1. The van der Waals surface area contributed by atoms with E-state index >= 15 is 0 Å². The second kappa shape index (κ2) is 5.74. The van der Waals surface area contributed by atoms with Gasteiger partial charge in [-0.1, -0.05) is 18.7 Å². The highest BCUT2D eigenvalue weighted by Gasteiger charge is 2.31. The summed E-state index contributed by atoms with van der Waals surface area (Å²) in [7, 11) is 0. The number of rotatable bonds is 5. The quantitative estimate of drug-likeness (QED) is 0.720. The highest BCUT2D eigenvalue weighted by molar-refractivity contribution is 8.14. The molecule has 90 valence electrons. The summed E-state index contributed by atoms with van der Waals surface area (Å²) >= 11 is 1.04. The van der Waals surface area contributed by atoms with Crippen LogP contribution in [0.15, 0.2) is 0 Å². The third-order valence-corrected chi connectivity index (χ3v) is 2.98. The Morgan fingerprint density at radius 2 is 2.31 bits per heavy atom. The van der Waals surface area contributed by atoms with Gasteiger partial charge in [-0.3, -0.25) is 14.4 Å². The van der Waals surface area contributed by atoms with E-state index in [4.69, 9.17) is 5.11 Å². The number of thioether (sulfide) groups is 1. The Labute approximate surface area is 97.4 Å². The van der Waals surface area contributed by atoms with Gasteiger partial charge in [0, 0.05) is 12.3 Å². The Hall–Kier alpha value is -1.24. The van der Waals surface area contributed by atoms with Gasteiger partial charge in [0.15, 0.2) is 0 Å². The van der Waals surface area contributed by atoms with Gasteiger partial charge in [-0.15, -0.1) is 0 Å². The van der Waals surface area contributed by atoms with Gasteiger partial charge >= 0.3 is 5.97 Å². The van der Waals surface area contributed by atoms with E-state index in [0.29, 0.717) is 18.7 Å². The zero-order valence-corrected chi connectivity index (χ0v) is 9.75. The average molecular weight is 246 g/mol. The molecule has 0 saturated carbocycles. The van der Waals surface area contributed by atoms with Crippen molar-refractivity contribution in [3.05, 3.63) is 0 Å². The lowest BCUT2D eigenvalue weighted by Crippen LogP contribution is -2.47. The van der Waals surface area contributed by atoms with Gasteiger partial charge in [0.25, 0.3) is 5.24 Å². The zero-order valence-electron chi connectivity index (χ0n) is 8.93. The fourth-order valence-corrected chi connectivity index (χ4v) is 2.21. The Kier molecular flexibility index (Phi) is 4.60. The minimum atomic E-state index is -1.04. The third-order valence-electron chi connectivity index (χ3n) is 2.10. The molecule has 1 aliphatic heterocycles. The minimum absolute atomic E-state index is 0.231. The van der Waals surface area contributed by atoms with Crippen LogP contribution >= 0.6 is 11.8 Å². The normalized spacial score (nSPS) is 19.3. The smallest absolute Gasteiger partial charge is 0.323 e. The molecule has 1 fully saturated rings. The first-order chi connectivity index (χ1) is 7.54. The first kappa shape index (κ1) is 12.8. The number of aliphatic carboxylic acids is 1. The monoisotopic (exact) mass is 246 g/mol. The van der Waals surface area contributed by atoms with E-state index in [2.05, 4.69) is 5.32 Å². The lowest BCUT2D eigenvalue weighted by Gasteiger charge is -2.22. The summed E-state index contributed by atoms with van der Waals surface area (Å²) in [6.07, 6.45) is 0.687. The standard InChI is InChI=1S/C9H14N2O4S/c1-2-3-11(4-7(12)13)8(14)6-5-16-9(15)10-6/h6H,2-5H2,1H3,(H,10,15)(H,12,13)/t6-/m0/s1. The molecule has 6 nitrogen and oxygen atoms in total. The maximum Gasteiger partial charge on any atom is 0.323 e. The average Bonchev–Trinajstić information content (AvgIpc) is 2.62. The molecular weight excluding hydrogens is 232 g/mol. The van der Waals surface area contributed by atoms with Gasteiger partial charge < -0.3 is 15.3 Å². The number of hydrogen-bond donors (Lipinski definition) is 2. The van der Waals surface area contributed by atoms with Gasteiger partial charge in [0.2, 0.25) is 5.91 Å². The van der Waals surface area contributed by atoms with Crippen molar-refractivity contribution in [1.82, 2.24) is 10.2 Å². The fourth-order valence-electron chi connectivity index (χ4n) is 1.44. The van der Waals surface area contributed by atoms with Crippen LogP contribution in [0, 0.1) is 0 Å². The number of amides is 2. The van der Waals surface area contributed by atoms with E-state index in [1.807, 2.05) is 6.92 Å². The first-order valence-electron chi connectivity index (χ1n) is 4.98. The summed E-state index contributed by atoms with van der Waals surface area (Å²) in [4.78, 5) is 34.6. The van der Waals surface area contributed by atoms with E-state index in [-0.39, 0.29) is 17.7 Å². The van der Waals surface area contributed by atoms with Crippen LogP contribution in [0.3, 0.4) is 0 Å². The highest BCUT2D eigenvalue weighted by Crippen LogP contribution is 2.14. The maximum absolute atomic E-state index is 11.9. The van der Waals surface area contributed by atoms with E-state index < -0.39 is 12.0 Å². The largest absolute Gasteiger partial charge is 0.480 e. The number of hydrogen-bond acceptors (Lipinski definition) is 4. The predicted molar refractivity (Wildman–Crippen MR) is 59.3 cm³/mol. The van der Waals surface area contributed by atoms with Crippen LogP contribution in [-0.4, -0.2) is 52.0 Å². The summed E-state index contributed by atoms with van der Waals surface area (Å²) in [5.74, 6) is -0.987. The summed E-state index contributed by atoms with van der Waals surface area (Å²) in [5, 5.41) is 10.9. The van der Waals surface area contributed by atoms with Crippen molar-refractivity contribution < 1.29 is 19.5 Å². The number of carboxylic acid groups (broad SMARTS) is 1. The molecule has 0 aromatic rings. The first-order valence-corrected chi connectivity index (χ1v) is 5.97. The SMILES string of the molecule is CCCN(CC(=O)O)C(=O)[C@@H]1CSC(=O)N1. The van der Waals surface area contributed by atoms with E-state index in [1.165, 1.54) is 4.90 Å². The molecule has 1 atom stereocenters. The molecule has 1 aliphatic rings. The minimum Gasteiger partial charge on any atom is -0.480 e.